The predicted octanol–water partition coefficient (Wildman–Crippen LogP) is 2.12. The second-order valence-electron chi connectivity index (χ2n) is 3.79. The third-order valence-corrected chi connectivity index (χ3v) is 2.67. The lowest BCUT2D eigenvalue weighted by atomic mass is 10.1. The highest BCUT2D eigenvalue weighted by Crippen LogP contribution is 2.26. The molecule has 5 heteroatoms. The van der Waals surface area contributed by atoms with Crippen LogP contribution >= 0.6 is 0 Å². The third kappa shape index (κ3) is 1.66. The van der Waals surface area contributed by atoms with Gasteiger partial charge in [-0.3, -0.25) is 4.98 Å². The first-order valence-corrected chi connectivity index (χ1v) is 5.34. The lowest BCUT2D eigenvalue weighted by molar-refractivity contribution is 0.615. The Morgan fingerprint density at radius 3 is 2.83 bits per heavy atom. The maximum absolute atomic E-state index is 13.7. The van der Waals surface area contributed by atoms with Crippen molar-refractivity contribution in [3.8, 4) is 11.3 Å². The van der Waals surface area contributed by atoms with E-state index < -0.39 is 11.5 Å². The molecule has 88 valence electrons. The van der Waals surface area contributed by atoms with Crippen LogP contribution in [-0.2, 0) is 0 Å². The molecule has 0 unspecified atom stereocenters. The molecule has 4 nitrogen and oxygen atoms in total. The minimum absolute atomic E-state index is 0.110. The van der Waals surface area contributed by atoms with Crippen molar-refractivity contribution >= 4 is 10.9 Å². The van der Waals surface area contributed by atoms with E-state index in [4.69, 9.17) is 0 Å². The van der Waals surface area contributed by atoms with Crippen LogP contribution in [0.2, 0.25) is 0 Å². The first kappa shape index (κ1) is 10.6. The molecule has 3 aromatic rings. The Labute approximate surface area is 101 Å². The first-order valence-electron chi connectivity index (χ1n) is 5.34. The summed E-state index contributed by atoms with van der Waals surface area (Å²) < 4.78 is 13.7. The fourth-order valence-electron chi connectivity index (χ4n) is 1.88. The van der Waals surface area contributed by atoms with Crippen LogP contribution in [0.5, 0.6) is 0 Å². The summed E-state index contributed by atoms with van der Waals surface area (Å²) in [5, 5.41) is 0.882. The Morgan fingerprint density at radius 2 is 1.94 bits per heavy atom. The zero-order valence-electron chi connectivity index (χ0n) is 9.22. The summed E-state index contributed by atoms with van der Waals surface area (Å²) in [7, 11) is 0. The molecule has 0 spiro atoms. The standard InChI is InChI=1S/C13H8FN3O/c14-10-7-16-13(18)17-12(10)9-5-1-3-8-4-2-6-15-11(8)9/h1-7H,(H,16,17,18). The van der Waals surface area contributed by atoms with E-state index in [0.717, 1.165) is 11.6 Å². The summed E-state index contributed by atoms with van der Waals surface area (Å²) >= 11 is 0. The van der Waals surface area contributed by atoms with Crippen LogP contribution in [0.15, 0.2) is 47.5 Å². The summed E-state index contributed by atoms with van der Waals surface area (Å²) in [4.78, 5) is 21.2. The van der Waals surface area contributed by atoms with E-state index >= 15 is 0 Å². The number of aromatic amines is 1. The molecule has 0 aliphatic heterocycles. The van der Waals surface area contributed by atoms with E-state index in [0.29, 0.717) is 11.1 Å². The van der Waals surface area contributed by atoms with Gasteiger partial charge in [-0.1, -0.05) is 24.3 Å². The molecular weight excluding hydrogens is 233 g/mol. The van der Waals surface area contributed by atoms with Crippen molar-refractivity contribution in [1.82, 2.24) is 15.0 Å². The maximum Gasteiger partial charge on any atom is 0.345 e. The van der Waals surface area contributed by atoms with Crippen molar-refractivity contribution in [2.45, 2.75) is 0 Å². The number of hydrogen-bond acceptors (Lipinski definition) is 3. The van der Waals surface area contributed by atoms with E-state index in [1.54, 1.807) is 24.4 Å². The second-order valence-corrected chi connectivity index (χ2v) is 3.79. The van der Waals surface area contributed by atoms with Crippen LogP contribution in [0.4, 0.5) is 4.39 Å². The number of rotatable bonds is 1. The van der Waals surface area contributed by atoms with Gasteiger partial charge in [-0.15, -0.1) is 0 Å². The monoisotopic (exact) mass is 241 g/mol. The van der Waals surface area contributed by atoms with Crippen LogP contribution in [-0.4, -0.2) is 15.0 Å². The average Bonchev–Trinajstić information content (AvgIpc) is 2.41. The van der Waals surface area contributed by atoms with Crippen molar-refractivity contribution in [3.05, 3.63) is 59.0 Å². The summed E-state index contributed by atoms with van der Waals surface area (Å²) in [6, 6.07) is 9.06. The minimum atomic E-state index is -0.584. The molecule has 0 saturated carbocycles. The molecule has 0 aliphatic carbocycles. The number of fused-ring (bicyclic) bond motifs is 1. The van der Waals surface area contributed by atoms with Gasteiger partial charge < -0.3 is 4.98 Å². The van der Waals surface area contributed by atoms with Gasteiger partial charge in [-0.25, -0.2) is 9.18 Å². The van der Waals surface area contributed by atoms with Crippen molar-refractivity contribution in [3.63, 3.8) is 0 Å². The van der Waals surface area contributed by atoms with Gasteiger partial charge in [0, 0.05) is 17.1 Å². The molecule has 0 amide bonds. The maximum atomic E-state index is 13.7. The number of pyridine rings is 1. The number of nitrogens with zero attached hydrogens (tertiary/aromatic N) is 2. The van der Waals surface area contributed by atoms with Gasteiger partial charge in [0.2, 0.25) is 0 Å². The summed E-state index contributed by atoms with van der Waals surface area (Å²) in [5.41, 5.74) is 0.712. The molecule has 2 aromatic heterocycles. The fourth-order valence-corrected chi connectivity index (χ4v) is 1.88. The molecule has 1 N–H and O–H groups in total. The average molecular weight is 241 g/mol. The molecular formula is C13H8FN3O. The Morgan fingerprint density at radius 1 is 1.11 bits per heavy atom. The van der Waals surface area contributed by atoms with Crippen LogP contribution in [0.25, 0.3) is 22.2 Å². The van der Waals surface area contributed by atoms with E-state index in [1.807, 2.05) is 12.1 Å². The normalized spacial score (nSPS) is 10.7. The highest BCUT2D eigenvalue weighted by Gasteiger charge is 2.10. The lowest BCUT2D eigenvalue weighted by Crippen LogP contribution is -2.11. The second kappa shape index (κ2) is 4.03. The highest BCUT2D eigenvalue weighted by molar-refractivity contribution is 5.92. The Hall–Kier alpha value is -2.56. The molecule has 18 heavy (non-hydrogen) atoms. The van der Waals surface area contributed by atoms with Crippen molar-refractivity contribution in [2.24, 2.45) is 0 Å². The number of H-pyrrole nitrogens is 1. The molecule has 0 aliphatic rings. The summed E-state index contributed by atoms with van der Waals surface area (Å²) in [5.74, 6) is -0.576. The minimum Gasteiger partial charge on any atom is -0.303 e. The highest BCUT2D eigenvalue weighted by atomic mass is 19.1. The molecule has 0 radical (unpaired) electrons. The van der Waals surface area contributed by atoms with Crippen molar-refractivity contribution in [1.29, 1.82) is 0 Å². The van der Waals surface area contributed by atoms with Gasteiger partial charge in [0.1, 0.15) is 0 Å². The largest absolute Gasteiger partial charge is 0.345 e. The zero-order chi connectivity index (χ0) is 12.5. The summed E-state index contributed by atoms with van der Waals surface area (Å²) in [6.45, 7) is 0. The number of halogens is 1. The topological polar surface area (TPSA) is 58.6 Å². The Kier molecular flexibility index (Phi) is 2.37. The van der Waals surface area contributed by atoms with Crippen LogP contribution in [0, 0.1) is 5.82 Å². The van der Waals surface area contributed by atoms with Crippen LogP contribution in [0.1, 0.15) is 0 Å². The molecule has 1 aromatic carbocycles. The van der Waals surface area contributed by atoms with Gasteiger partial charge in [0.25, 0.3) is 0 Å². The van der Waals surface area contributed by atoms with Crippen molar-refractivity contribution in [2.75, 3.05) is 0 Å². The van der Waals surface area contributed by atoms with Gasteiger partial charge in [-0.05, 0) is 6.07 Å². The predicted molar refractivity (Wildman–Crippen MR) is 65.6 cm³/mol. The number of aromatic nitrogens is 3. The van der Waals surface area contributed by atoms with E-state index in [2.05, 4.69) is 15.0 Å². The molecule has 3 rings (SSSR count). The zero-order valence-corrected chi connectivity index (χ0v) is 9.22. The molecule has 0 saturated heterocycles. The third-order valence-electron chi connectivity index (χ3n) is 2.67. The van der Waals surface area contributed by atoms with E-state index in [9.17, 15) is 9.18 Å². The number of benzene rings is 1. The molecule has 0 fully saturated rings. The van der Waals surface area contributed by atoms with Crippen LogP contribution < -0.4 is 5.69 Å². The van der Waals surface area contributed by atoms with Gasteiger partial charge >= 0.3 is 5.69 Å². The summed E-state index contributed by atoms with van der Waals surface area (Å²) in [6.07, 6.45) is 2.54. The molecule has 0 atom stereocenters. The fraction of sp³-hybridized carbons (Fsp3) is 0. The van der Waals surface area contributed by atoms with Gasteiger partial charge in [0.05, 0.1) is 17.4 Å². The Bertz CT molecular complexity index is 777. The van der Waals surface area contributed by atoms with Crippen molar-refractivity contribution < 1.29 is 4.39 Å². The van der Waals surface area contributed by atoms with Gasteiger partial charge in [-0.2, -0.15) is 4.98 Å². The smallest absolute Gasteiger partial charge is 0.303 e. The quantitative estimate of drug-likeness (QED) is 0.710. The number of para-hydroxylation sites is 1. The Balaban J connectivity index is 2.38. The number of hydrogen-bond donors (Lipinski definition) is 1. The van der Waals surface area contributed by atoms with E-state index in [1.165, 1.54) is 0 Å². The van der Waals surface area contributed by atoms with E-state index in [-0.39, 0.29) is 5.69 Å². The first-order chi connectivity index (χ1) is 8.75. The SMILES string of the molecule is O=c1ncc(F)c(-c2cccc3cccnc23)[nH]1. The lowest BCUT2D eigenvalue weighted by Gasteiger charge is -2.05. The number of nitrogens with one attached hydrogen (secondary N) is 1. The molecule has 2 heterocycles. The molecule has 0 bridgehead atoms. The van der Waals surface area contributed by atoms with Gasteiger partial charge in [0.15, 0.2) is 5.82 Å². The van der Waals surface area contributed by atoms with Crippen LogP contribution in [0.3, 0.4) is 0 Å².